The predicted molar refractivity (Wildman–Crippen MR) is 87.8 cm³/mol. The molecule has 1 heterocycles. The lowest BCUT2D eigenvalue weighted by Crippen LogP contribution is -2.58. The molecule has 0 aromatic heterocycles. The zero-order valence-electron chi connectivity index (χ0n) is 14.3. The van der Waals surface area contributed by atoms with Gasteiger partial charge in [0, 0.05) is 6.04 Å². The second kappa shape index (κ2) is 6.09. The SMILES string of the molecule is CC(NC(=O)N1Cc2ccccc2CO1)[C@@H]1C[C@H](C(=O)O)C1(C)C. The van der Waals surface area contributed by atoms with Crippen molar-refractivity contribution in [3.05, 3.63) is 35.4 Å². The lowest BCUT2D eigenvalue weighted by molar-refractivity contribution is -0.161. The summed E-state index contributed by atoms with van der Waals surface area (Å²) in [6.07, 6.45) is 0.591. The maximum atomic E-state index is 12.5. The van der Waals surface area contributed by atoms with Crippen molar-refractivity contribution in [2.45, 2.75) is 46.4 Å². The van der Waals surface area contributed by atoms with Crippen LogP contribution in [0.5, 0.6) is 0 Å². The fraction of sp³-hybridized carbons (Fsp3) is 0.556. The van der Waals surface area contributed by atoms with Crippen molar-refractivity contribution in [1.29, 1.82) is 0 Å². The summed E-state index contributed by atoms with van der Waals surface area (Å²) in [5, 5.41) is 13.5. The van der Waals surface area contributed by atoms with Gasteiger partial charge in [0.05, 0.1) is 12.5 Å². The lowest BCUT2D eigenvalue weighted by Gasteiger charge is -2.52. The van der Waals surface area contributed by atoms with Gasteiger partial charge in [-0.1, -0.05) is 38.1 Å². The number of hydrogen-bond donors (Lipinski definition) is 2. The summed E-state index contributed by atoms with van der Waals surface area (Å²) in [5.74, 6) is -0.967. The number of fused-ring (bicyclic) bond motifs is 1. The maximum Gasteiger partial charge on any atom is 0.341 e. The van der Waals surface area contributed by atoms with Crippen molar-refractivity contribution in [2.75, 3.05) is 0 Å². The third-order valence-electron chi connectivity index (χ3n) is 5.63. The van der Waals surface area contributed by atoms with E-state index in [2.05, 4.69) is 5.32 Å². The van der Waals surface area contributed by atoms with Crippen molar-refractivity contribution in [3.8, 4) is 0 Å². The Labute approximate surface area is 141 Å². The quantitative estimate of drug-likeness (QED) is 0.892. The number of hydroxylamine groups is 2. The summed E-state index contributed by atoms with van der Waals surface area (Å²) in [4.78, 5) is 29.2. The Morgan fingerprint density at radius 2 is 2.00 bits per heavy atom. The van der Waals surface area contributed by atoms with Gasteiger partial charge in [0.2, 0.25) is 0 Å². The average molecular weight is 332 g/mol. The van der Waals surface area contributed by atoms with E-state index in [9.17, 15) is 14.7 Å². The van der Waals surface area contributed by atoms with Gasteiger partial charge in [-0.05, 0) is 35.8 Å². The standard InChI is InChI=1S/C18H24N2O4/c1-11(14-8-15(16(21)22)18(14,2)3)19-17(23)20-9-12-6-4-5-7-13(12)10-24-20/h4-7,11,14-15H,8-10H2,1-3H3,(H,19,23)(H,21,22)/t11?,14-,15+/m0/s1. The highest BCUT2D eigenvalue weighted by molar-refractivity contribution is 5.74. The largest absolute Gasteiger partial charge is 0.481 e. The molecule has 0 saturated heterocycles. The van der Waals surface area contributed by atoms with Gasteiger partial charge < -0.3 is 10.4 Å². The highest BCUT2D eigenvalue weighted by Gasteiger charge is 2.54. The van der Waals surface area contributed by atoms with Crippen LogP contribution >= 0.6 is 0 Å². The number of carbonyl (C=O) groups excluding carboxylic acids is 1. The van der Waals surface area contributed by atoms with E-state index in [1.807, 2.05) is 45.0 Å². The van der Waals surface area contributed by atoms with Crippen molar-refractivity contribution >= 4 is 12.0 Å². The molecule has 2 N–H and O–H groups in total. The first kappa shape index (κ1) is 16.8. The fourth-order valence-electron chi connectivity index (χ4n) is 3.93. The molecule has 0 bridgehead atoms. The molecule has 0 radical (unpaired) electrons. The number of carbonyl (C=O) groups is 2. The van der Waals surface area contributed by atoms with Crippen LogP contribution in [0.2, 0.25) is 0 Å². The molecule has 1 fully saturated rings. The number of amides is 2. The monoisotopic (exact) mass is 332 g/mol. The van der Waals surface area contributed by atoms with Gasteiger partial charge in [-0.25, -0.2) is 4.79 Å². The average Bonchev–Trinajstić information content (AvgIpc) is 2.52. The molecule has 6 nitrogen and oxygen atoms in total. The Morgan fingerprint density at radius 3 is 2.62 bits per heavy atom. The first-order valence-electron chi connectivity index (χ1n) is 8.31. The summed E-state index contributed by atoms with van der Waals surface area (Å²) in [7, 11) is 0. The second-order valence-corrected chi connectivity index (χ2v) is 7.37. The summed E-state index contributed by atoms with van der Waals surface area (Å²) >= 11 is 0. The number of nitrogens with one attached hydrogen (secondary N) is 1. The minimum absolute atomic E-state index is 0.108. The van der Waals surface area contributed by atoms with Gasteiger partial charge in [0.15, 0.2) is 0 Å². The molecule has 3 rings (SSSR count). The van der Waals surface area contributed by atoms with Gasteiger partial charge in [0.25, 0.3) is 0 Å². The lowest BCUT2D eigenvalue weighted by atomic mass is 9.53. The Bertz CT molecular complexity index is 658. The van der Waals surface area contributed by atoms with Gasteiger partial charge in [-0.15, -0.1) is 0 Å². The van der Waals surface area contributed by atoms with Crippen molar-refractivity contribution < 1.29 is 19.5 Å². The zero-order chi connectivity index (χ0) is 17.5. The van der Waals surface area contributed by atoms with E-state index < -0.39 is 5.97 Å². The van der Waals surface area contributed by atoms with Crippen molar-refractivity contribution in [3.63, 3.8) is 0 Å². The molecule has 130 valence electrons. The number of urea groups is 1. The van der Waals surface area contributed by atoms with Crippen LogP contribution in [0.25, 0.3) is 0 Å². The van der Waals surface area contributed by atoms with Crippen molar-refractivity contribution in [2.24, 2.45) is 17.3 Å². The van der Waals surface area contributed by atoms with E-state index in [1.54, 1.807) is 0 Å². The molecule has 3 atom stereocenters. The van der Waals surface area contributed by atoms with Crippen LogP contribution in [0, 0.1) is 17.3 Å². The molecule has 1 aromatic carbocycles. The molecule has 24 heavy (non-hydrogen) atoms. The van der Waals surface area contributed by atoms with Crippen LogP contribution in [0.3, 0.4) is 0 Å². The number of benzene rings is 1. The number of hydrogen-bond acceptors (Lipinski definition) is 3. The summed E-state index contributed by atoms with van der Waals surface area (Å²) < 4.78 is 0. The van der Waals surface area contributed by atoms with Gasteiger partial charge >= 0.3 is 12.0 Å². The van der Waals surface area contributed by atoms with Gasteiger partial charge in [-0.2, -0.15) is 5.06 Å². The normalized spacial score (nSPS) is 26.0. The van der Waals surface area contributed by atoms with E-state index in [0.717, 1.165) is 11.1 Å². The number of aliphatic carboxylic acids is 1. The molecule has 1 unspecified atom stereocenters. The highest BCUT2D eigenvalue weighted by Crippen LogP contribution is 2.52. The number of carboxylic acid groups (broad SMARTS) is 1. The van der Waals surface area contributed by atoms with Gasteiger partial charge in [-0.3, -0.25) is 9.63 Å². The smallest absolute Gasteiger partial charge is 0.341 e. The fourth-order valence-corrected chi connectivity index (χ4v) is 3.93. The molecule has 1 aromatic rings. The topological polar surface area (TPSA) is 78.9 Å². The van der Waals surface area contributed by atoms with E-state index >= 15 is 0 Å². The highest BCUT2D eigenvalue weighted by atomic mass is 16.7. The molecule has 1 saturated carbocycles. The Morgan fingerprint density at radius 1 is 1.33 bits per heavy atom. The third kappa shape index (κ3) is 2.86. The van der Waals surface area contributed by atoms with Crippen molar-refractivity contribution in [1.82, 2.24) is 10.4 Å². The molecular weight excluding hydrogens is 308 g/mol. The van der Waals surface area contributed by atoms with E-state index in [1.165, 1.54) is 5.06 Å². The van der Waals surface area contributed by atoms with Crippen LogP contribution in [0.1, 0.15) is 38.3 Å². The zero-order valence-corrected chi connectivity index (χ0v) is 14.3. The Hall–Kier alpha value is -2.08. The predicted octanol–water partition coefficient (Wildman–Crippen LogP) is 2.78. The van der Waals surface area contributed by atoms with E-state index in [-0.39, 0.29) is 29.3 Å². The second-order valence-electron chi connectivity index (χ2n) is 7.37. The minimum atomic E-state index is -0.759. The third-order valence-corrected chi connectivity index (χ3v) is 5.63. The molecule has 2 aliphatic rings. The van der Waals surface area contributed by atoms with E-state index in [0.29, 0.717) is 19.6 Å². The van der Waals surface area contributed by atoms with Gasteiger partial charge in [0.1, 0.15) is 6.61 Å². The molecule has 1 aliphatic heterocycles. The molecule has 1 aliphatic carbocycles. The molecule has 2 amide bonds. The number of carboxylic acids is 1. The van der Waals surface area contributed by atoms with Crippen LogP contribution in [-0.4, -0.2) is 28.2 Å². The van der Waals surface area contributed by atoms with Crippen LogP contribution in [-0.2, 0) is 22.8 Å². The Kier molecular flexibility index (Phi) is 4.25. The van der Waals surface area contributed by atoms with E-state index in [4.69, 9.17) is 4.84 Å². The van der Waals surface area contributed by atoms with Crippen LogP contribution in [0.4, 0.5) is 4.79 Å². The summed E-state index contributed by atoms with van der Waals surface area (Å²) in [5.41, 5.74) is 1.86. The van der Waals surface area contributed by atoms with Crippen LogP contribution < -0.4 is 5.32 Å². The first-order chi connectivity index (χ1) is 11.3. The molecular formula is C18H24N2O4. The summed E-state index contributed by atoms with van der Waals surface area (Å²) in [6.45, 7) is 6.64. The number of nitrogens with zero attached hydrogens (tertiary/aromatic N) is 1. The molecule has 6 heteroatoms. The molecule has 0 spiro atoms. The van der Waals surface area contributed by atoms with Crippen LogP contribution in [0.15, 0.2) is 24.3 Å². The first-order valence-corrected chi connectivity index (χ1v) is 8.31. The minimum Gasteiger partial charge on any atom is -0.481 e. The Balaban J connectivity index is 1.59. The number of rotatable bonds is 3. The maximum absolute atomic E-state index is 12.5. The summed E-state index contributed by atoms with van der Waals surface area (Å²) in [6, 6.07) is 7.52.